The second kappa shape index (κ2) is 8.86. The van der Waals surface area contributed by atoms with E-state index in [9.17, 15) is 4.79 Å². The number of hydrogen-bond acceptors (Lipinski definition) is 4. The van der Waals surface area contributed by atoms with Crippen LogP contribution in [0.15, 0.2) is 53.1 Å². The molecule has 1 atom stereocenters. The van der Waals surface area contributed by atoms with Crippen LogP contribution in [0.4, 0.5) is 0 Å². The molecule has 1 fully saturated rings. The van der Waals surface area contributed by atoms with Crippen LogP contribution in [0.1, 0.15) is 43.4 Å². The van der Waals surface area contributed by atoms with Crippen molar-refractivity contribution >= 4 is 5.97 Å². The maximum atomic E-state index is 12.4. The van der Waals surface area contributed by atoms with Gasteiger partial charge in [0.15, 0.2) is 0 Å². The fraction of sp³-hybridized carbons (Fsp3) is 0.476. The highest BCUT2D eigenvalue weighted by atomic mass is 16.5. The molecule has 1 saturated heterocycles. The van der Waals surface area contributed by atoms with E-state index >= 15 is 0 Å². The standard InChI is InChI=1S/C21H27NO3/c1-2-20(18-7-4-3-5-8-18)21(23)25-16-17-10-12-22(13-11-17)15-19-9-6-14-24-19/h3-9,14,17,20H,2,10-13,15-16H2,1H3/t20-/m0/s1. The zero-order chi connectivity index (χ0) is 17.5. The van der Waals surface area contributed by atoms with Gasteiger partial charge in [0, 0.05) is 0 Å². The van der Waals surface area contributed by atoms with Crippen molar-refractivity contribution in [3.63, 3.8) is 0 Å². The molecule has 2 heterocycles. The van der Waals surface area contributed by atoms with Crippen LogP contribution in [-0.4, -0.2) is 30.6 Å². The molecule has 0 radical (unpaired) electrons. The lowest BCUT2D eigenvalue weighted by Gasteiger charge is -2.31. The Morgan fingerprint density at radius 2 is 1.96 bits per heavy atom. The number of esters is 1. The minimum Gasteiger partial charge on any atom is -0.468 e. The first-order chi connectivity index (χ1) is 12.3. The summed E-state index contributed by atoms with van der Waals surface area (Å²) >= 11 is 0. The van der Waals surface area contributed by atoms with Crippen molar-refractivity contribution in [1.82, 2.24) is 4.90 Å². The van der Waals surface area contributed by atoms with E-state index in [1.54, 1.807) is 6.26 Å². The Hall–Kier alpha value is -2.07. The van der Waals surface area contributed by atoms with Gasteiger partial charge in [-0.3, -0.25) is 9.69 Å². The molecule has 0 bridgehead atoms. The lowest BCUT2D eigenvalue weighted by Crippen LogP contribution is -2.35. The van der Waals surface area contributed by atoms with Crippen molar-refractivity contribution in [1.29, 1.82) is 0 Å². The van der Waals surface area contributed by atoms with E-state index in [0.29, 0.717) is 12.5 Å². The Kier molecular flexibility index (Phi) is 6.29. The maximum Gasteiger partial charge on any atom is 0.313 e. The summed E-state index contributed by atoms with van der Waals surface area (Å²) < 4.78 is 11.1. The van der Waals surface area contributed by atoms with Gasteiger partial charge < -0.3 is 9.15 Å². The molecule has 4 nitrogen and oxygen atoms in total. The zero-order valence-corrected chi connectivity index (χ0v) is 14.9. The quantitative estimate of drug-likeness (QED) is 0.707. The highest BCUT2D eigenvalue weighted by Crippen LogP contribution is 2.23. The third-order valence-electron chi connectivity index (χ3n) is 5.02. The van der Waals surface area contributed by atoms with Gasteiger partial charge in [-0.05, 0) is 56.0 Å². The fourth-order valence-corrected chi connectivity index (χ4v) is 3.46. The molecule has 0 amide bonds. The van der Waals surface area contributed by atoms with Crippen LogP contribution in [0.5, 0.6) is 0 Å². The molecule has 0 spiro atoms. The highest BCUT2D eigenvalue weighted by Gasteiger charge is 2.24. The van der Waals surface area contributed by atoms with Crippen LogP contribution in [0, 0.1) is 5.92 Å². The second-order valence-corrected chi connectivity index (χ2v) is 6.80. The minimum atomic E-state index is -0.153. The first-order valence-electron chi connectivity index (χ1n) is 9.22. The molecule has 134 valence electrons. The van der Waals surface area contributed by atoms with Gasteiger partial charge in [-0.15, -0.1) is 0 Å². The highest BCUT2D eigenvalue weighted by molar-refractivity contribution is 5.78. The number of likely N-dealkylation sites (tertiary alicyclic amines) is 1. The number of rotatable bonds is 7. The normalized spacial score (nSPS) is 17.3. The predicted octanol–water partition coefficient (Wildman–Crippen LogP) is 4.23. The SMILES string of the molecule is CC[C@H](C(=O)OCC1CCN(Cc2ccco2)CC1)c1ccccc1. The summed E-state index contributed by atoms with van der Waals surface area (Å²) in [6.07, 6.45) is 4.62. The summed E-state index contributed by atoms with van der Waals surface area (Å²) in [6, 6.07) is 13.9. The minimum absolute atomic E-state index is 0.0910. The Labute approximate surface area is 149 Å². The molecule has 4 heteroatoms. The number of carbonyl (C=O) groups excluding carboxylic acids is 1. The average Bonchev–Trinajstić information content (AvgIpc) is 3.16. The van der Waals surface area contributed by atoms with Gasteiger partial charge in [0.1, 0.15) is 5.76 Å². The van der Waals surface area contributed by atoms with E-state index in [2.05, 4.69) is 4.90 Å². The smallest absolute Gasteiger partial charge is 0.313 e. The second-order valence-electron chi connectivity index (χ2n) is 6.80. The van der Waals surface area contributed by atoms with Gasteiger partial charge in [0.05, 0.1) is 25.3 Å². The number of furan rings is 1. The van der Waals surface area contributed by atoms with E-state index in [4.69, 9.17) is 9.15 Å². The third-order valence-corrected chi connectivity index (χ3v) is 5.02. The van der Waals surface area contributed by atoms with Gasteiger partial charge >= 0.3 is 5.97 Å². The first kappa shape index (κ1) is 17.7. The Balaban J connectivity index is 1.42. The van der Waals surface area contributed by atoms with Gasteiger partial charge in [-0.1, -0.05) is 37.3 Å². The maximum absolute atomic E-state index is 12.4. The van der Waals surface area contributed by atoms with E-state index in [-0.39, 0.29) is 11.9 Å². The fourth-order valence-electron chi connectivity index (χ4n) is 3.46. The van der Waals surface area contributed by atoms with Crippen molar-refractivity contribution in [3.8, 4) is 0 Å². The summed E-state index contributed by atoms with van der Waals surface area (Å²) in [5.74, 6) is 1.23. The number of hydrogen-bond donors (Lipinski definition) is 0. The monoisotopic (exact) mass is 341 g/mol. The van der Waals surface area contributed by atoms with Gasteiger partial charge in [0.2, 0.25) is 0 Å². The average molecular weight is 341 g/mol. The number of nitrogens with zero attached hydrogens (tertiary/aromatic N) is 1. The van der Waals surface area contributed by atoms with Crippen molar-refractivity contribution in [2.75, 3.05) is 19.7 Å². The molecule has 2 aromatic rings. The molecule has 1 aromatic carbocycles. The third kappa shape index (κ3) is 4.95. The molecule has 1 aliphatic rings. The van der Waals surface area contributed by atoms with Crippen LogP contribution in [-0.2, 0) is 16.1 Å². The Morgan fingerprint density at radius 1 is 1.20 bits per heavy atom. The van der Waals surface area contributed by atoms with Crippen LogP contribution in [0.2, 0.25) is 0 Å². The van der Waals surface area contributed by atoms with Crippen LogP contribution >= 0.6 is 0 Å². The molecule has 3 rings (SSSR count). The number of piperidine rings is 1. The van der Waals surface area contributed by atoms with E-state index in [0.717, 1.165) is 50.2 Å². The molecule has 0 saturated carbocycles. The molecule has 25 heavy (non-hydrogen) atoms. The largest absolute Gasteiger partial charge is 0.468 e. The van der Waals surface area contributed by atoms with Gasteiger partial charge in [0.25, 0.3) is 0 Å². The van der Waals surface area contributed by atoms with Crippen LogP contribution in [0.25, 0.3) is 0 Å². The van der Waals surface area contributed by atoms with E-state index < -0.39 is 0 Å². The summed E-state index contributed by atoms with van der Waals surface area (Å²) in [6.45, 7) is 5.49. The lowest BCUT2D eigenvalue weighted by atomic mass is 9.96. The van der Waals surface area contributed by atoms with Crippen LogP contribution in [0.3, 0.4) is 0 Å². The molecule has 0 N–H and O–H groups in total. The summed E-state index contributed by atoms with van der Waals surface area (Å²) in [5.41, 5.74) is 1.04. The Morgan fingerprint density at radius 3 is 2.60 bits per heavy atom. The number of carbonyl (C=O) groups is 1. The van der Waals surface area contributed by atoms with Gasteiger partial charge in [-0.25, -0.2) is 0 Å². The summed E-state index contributed by atoms with van der Waals surface area (Å²) in [5, 5.41) is 0. The lowest BCUT2D eigenvalue weighted by molar-refractivity contribution is -0.147. The molecule has 1 aromatic heterocycles. The van der Waals surface area contributed by atoms with E-state index in [1.807, 2.05) is 49.4 Å². The van der Waals surface area contributed by atoms with Crippen molar-refractivity contribution in [2.24, 2.45) is 5.92 Å². The van der Waals surface area contributed by atoms with Gasteiger partial charge in [-0.2, -0.15) is 0 Å². The van der Waals surface area contributed by atoms with E-state index in [1.165, 1.54) is 0 Å². The number of benzene rings is 1. The zero-order valence-electron chi connectivity index (χ0n) is 14.9. The predicted molar refractivity (Wildman–Crippen MR) is 97.1 cm³/mol. The molecular weight excluding hydrogens is 314 g/mol. The summed E-state index contributed by atoms with van der Waals surface area (Å²) in [7, 11) is 0. The van der Waals surface area contributed by atoms with Crippen molar-refractivity contribution < 1.29 is 13.9 Å². The molecule has 1 aliphatic heterocycles. The van der Waals surface area contributed by atoms with Crippen molar-refractivity contribution in [2.45, 2.75) is 38.6 Å². The summed E-state index contributed by atoms with van der Waals surface area (Å²) in [4.78, 5) is 14.8. The topological polar surface area (TPSA) is 42.7 Å². The number of ether oxygens (including phenoxy) is 1. The molecule has 0 unspecified atom stereocenters. The first-order valence-corrected chi connectivity index (χ1v) is 9.22. The van der Waals surface area contributed by atoms with Crippen molar-refractivity contribution in [3.05, 3.63) is 60.1 Å². The molecule has 0 aliphatic carbocycles. The van der Waals surface area contributed by atoms with Crippen LogP contribution < -0.4 is 0 Å². The Bertz CT molecular complexity index is 630. The molecular formula is C21H27NO3.